The van der Waals surface area contributed by atoms with Crippen LogP contribution in [-0.4, -0.2) is 32.8 Å². The third-order valence-electron chi connectivity index (χ3n) is 3.40. The van der Waals surface area contributed by atoms with Gasteiger partial charge in [0.2, 0.25) is 0 Å². The third kappa shape index (κ3) is 5.12. The van der Waals surface area contributed by atoms with Gasteiger partial charge in [0, 0.05) is 6.54 Å². The highest BCUT2D eigenvalue weighted by Crippen LogP contribution is 2.12. The van der Waals surface area contributed by atoms with E-state index in [1.807, 2.05) is 12.1 Å². The van der Waals surface area contributed by atoms with Crippen LogP contribution in [0.2, 0.25) is 0 Å². The standard InChI is InChI=1S/C15H21NO3.ClH/c1-18-15(17)14-6-4-12(5-7-14)10-19-11-13-3-2-8-16-9-13;/h4-7,13,16H,2-3,8-11H2,1H3;1H. The zero-order valence-corrected chi connectivity index (χ0v) is 12.6. The molecule has 1 aliphatic rings. The maximum atomic E-state index is 11.3. The maximum absolute atomic E-state index is 11.3. The van der Waals surface area contributed by atoms with Gasteiger partial charge in [-0.2, -0.15) is 0 Å². The molecule has 1 atom stereocenters. The molecule has 1 heterocycles. The van der Waals surface area contributed by atoms with Crippen molar-refractivity contribution in [3.63, 3.8) is 0 Å². The molecule has 1 aliphatic heterocycles. The maximum Gasteiger partial charge on any atom is 0.337 e. The van der Waals surface area contributed by atoms with Crippen molar-refractivity contribution in [2.24, 2.45) is 5.92 Å². The van der Waals surface area contributed by atoms with Crippen molar-refractivity contribution in [1.29, 1.82) is 0 Å². The minimum Gasteiger partial charge on any atom is -0.465 e. The van der Waals surface area contributed by atoms with Gasteiger partial charge in [-0.05, 0) is 43.0 Å². The van der Waals surface area contributed by atoms with Crippen LogP contribution in [-0.2, 0) is 16.1 Å². The number of benzene rings is 1. The van der Waals surface area contributed by atoms with E-state index in [0.29, 0.717) is 18.1 Å². The Kier molecular flexibility index (Phi) is 7.59. The topological polar surface area (TPSA) is 47.6 Å². The van der Waals surface area contributed by atoms with Gasteiger partial charge >= 0.3 is 5.97 Å². The summed E-state index contributed by atoms with van der Waals surface area (Å²) in [6.45, 7) is 3.58. The Morgan fingerprint density at radius 3 is 2.70 bits per heavy atom. The van der Waals surface area contributed by atoms with Crippen molar-refractivity contribution in [1.82, 2.24) is 5.32 Å². The van der Waals surface area contributed by atoms with E-state index in [1.54, 1.807) is 12.1 Å². The fourth-order valence-corrected chi connectivity index (χ4v) is 2.26. The van der Waals surface area contributed by atoms with E-state index in [9.17, 15) is 4.79 Å². The Morgan fingerprint density at radius 2 is 2.10 bits per heavy atom. The molecule has 1 saturated heterocycles. The summed E-state index contributed by atoms with van der Waals surface area (Å²) in [5, 5.41) is 3.38. The molecule has 0 saturated carbocycles. The molecule has 0 aromatic heterocycles. The zero-order valence-electron chi connectivity index (χ0n) is 11.8. The largest absolute Gasteiger partial charge is 0.465 e. The van der Waals surface area contributed by atoms with Crippen LogP contribution in [0.5, 0.6) is 0 Å². The molecule has 112 valence electrons. The van der Waals surface area contributed by atoms with Crippen LogP contribution in [0.15, 0.2) is 24.3 Å². The average molecular weight is 300 g/mol. The molecule has 0 aliphatic carbocycles. The first-order valence-corrected chi connectivity index (χ1v) is 6.75. The predicted molar refractivity (Wildman–Crippen MR) is 80.3 cm³/mol. The van der Waals surface area contributed by atoms with E-state index in [0.717, 1.165) is 25.3 Å². The van der Waals surface area contributed by atoms with Gasteiger partial charge in [0.1, 0.15) is 0 Å². The van der Waals surface area contributed by atoms with Gasteiger partial charge in [-0.1, -0.05) is 12.1 Å². The Morgan fingerprint density at radius 1 is 1.35 bits per heavy atom. The lowest BCUT2D eigenvalue weighted by molar-refractivity contribution is 0.0600. The first-order valence-electron chi connectivity index (χ1n) is 6.75. The number of nitrogens with one attached hydrogen (secondary N) is 1. The molecule has 0 bridgehead atoms. The van der Waals surface area contributed by atoms with E-state index < -0.39 is 0 Å². The van der Waals surface area contributed by atoms with Crippen molar-refractivity contribution in [2.75, 3.05) is 26.8 Å². The molecular formula is C15H22ClNO3. The minimum absolute atomic E-state index is 0. The lowest BCUT2D eigenvalue weighted by Crippen LogP contribution is -2.32. The molecule has 2 rings (SSSR count). The number of carbonyl (C=O) groups is 1. The highest BCUT2D eigenvalue weighted by Gasteiger charge is 2.12. The monoisotopic (exact) mass is 299 g/mol. The first kappa shape index (κ1) is 17.0. The van der Waals surface area contributed by atoms with E-state index in [1.165, 1.54) is 20.0 Å². The average Bonchev–Trinajstić information content (AvgIpc) is 2.48. The minimum atomic E-state index is -0.305. The number of esters is 1. The lowest BCUT2D eigenvalue weighted by Gasteiger charge is -2.22. The predicted octanol–water partition coefficient (Wildman–Crippen LogP) is 2.41. The van der Waals surface area contributed by atoms with E-state index in [-0.39, 0.29) is 18.4 Å². The summed E-state index contributed by atoms with van der Waals surface area (Å²) in [7, 11) is 1.39. The summed E-state index contributed by atoms with van der Waals surface area (Å²) in [4.78, 5) is 11.3. The fraction of sp³-hybridized carbons (Fsp3) is 0.533. The summed E-state index contributed by atoms with van der Waals surface area (Å²) >= 11 is 0. The molecule has 1 fully saturated rings. The molecule has 1 aromatic carbocycles. The van der Waals surface area contributed by atoms with Crippen LogP contribution < -0.4 is 5.32 Å². The lowest BCUT2D eigenvalue weighted by atomic mass is 10.0. The van der Waals surface area contributed by atoms with Crippen molar-refractivity contribution in [3.05, 3.63) is 35.4 Å². The molecule has 0 spiro atoms. The number of rotatable bonds is 5. The Labute approximate surface area is 126 Å². The Hall–Kier alpha value is -1.10. The van der Waals surface area contributed by atoms with Crippen molar-refractivity contribution < 1.29 is 14.3 Å². The van der Waals surface area contributed by atoms with Crippen molar-refractivity contribution in [2.45, 2.75) is 19.4 Å². The van der Waals surface area contributed by atoms with Crippen LogP contribution in [0.25, 0.3) is 0 Å². The number of methoxy groups -OCH3 is 1. The number of halogens is 1. The van der Waals surface area contributed by atoms with Crippen LogP contribution in [0.3, 0.4) is 0 Å². The highest BCUT2D eigenvalue weighted by atomic mass is 35.5. The normalized spacial score (nSPS) is 18.1. The second-order valence-corrected chi connectivity index (χ2v) is 4.92. The Bertz CT molecular complexity index is 402. The Balaban J connectivity index is 0.00000200. The molecule has 1 unspecified atom stereocenters. The summed E-state index contributed by atoms with van der Waals surface area (Å²) in [5.41, 5.74) is 1.65. The molecular weight excluding hydrogens is 278 g/mol. The number of carbonyl (C=O) groups excluding carboxylic acids is 1. The summed E-state index contributed by atoms with van der Waals surface area (Å²) in [6, 6.07) is 7.36. The van der Waals surface area contributed by atoms with Gasteiger partial charge in [0.15, 0.2) is 0 Å². The van der Waals surface area contributed by atoms with E-state index >= 15 is 0 Å². The summed E-state index contributed by atoms with van der Waals surface area (Å²) in [6.07, 6.45) is 2.48. The van der Waals surface area contributed by atoms with Crippen LogP contribution >= 0.6 is 12.4 Å². The van der Waals surface area contributed by atoms with Gasteiger partial charge in [-0.25, -0.2) is 4.79 Å². The van der Waals surface area contributed by atoms with Crippen LogP contribution in [0.1, 0.15) is 28.8 Å². The number of ether oxygens (including phenoxy) is 2. The quantitative estimate of drug-likeness (QED) is 0.848. The number of hydrogen-bond donors (Lipinski definition) is 1. The SMILES string of the molecule is COC(=O)c1ccc(COCC2CCCNC2)cc1.Cl. The van der Waals surface area contributed by atoms with Crippen LogP contribution in [0.4, 0.5) is 0 Å². The fourth-order valence-electron chi connectivity index (χ4n) is 2.26. The van der Waals surface area contributed by atoms with Gasteiger partial charge in [0.25, 0.3) is 0 Å². The number of hydrogen-bond acceptors (Lipinski definition) is 4. The molecule has 20 heavy (non-hydrogen) atoms. The van der Waals surface area contributed by atoms with Crippen LogP contribution in [0, 0.1) is 5.92 Å². The highest BCUT2D eigenvalue weighted by molar-refractivity contribution is 5.89. The molecule has 0 amide bonds. The van der Waals surface area contributed by atoms with Crippen molar-refractivity contribution >= 4 is 18.4 Å². The first-order chi connectivity index (χ1) is 9.29. The summed E-state index contributed by atoms with van der Waals surface area (Å²) in [5.74, 6) is 0.323. The van der Waals surface area contributed by atoms with E-state index in [4.69, 9.17) is 4.74 Å². The third-order valence-corrected chi connectivity index (χ3v) is 3.40. The van der Waals surface area contributed by atoms with Gasteiger partial charge < -0.3 is 14.8 Å². The second kappa shape index (κ2) is 8.95. The molecule has 5 heteroatoms. The molecule has 1 aromatic rings. The van der Waals surface area contributed by atoms with Crippen molar-refractivity contribution in [3.8, 4) is 0 Å². The van der Waals surface area contributed by atoms with Gasteiger partial charge in [-0.15, -0.1) is 12.4 Å². The molecule has 1 N–H and O–H groups in total. The second-order valence-electron chi connectivity index (χ2n) is 4.92. The van der Waals surface area contributed by atoms with Gasteiger partial charge in [0.05, 0.1) is 25.9 Å². The molecule has 4 nitrogen and oxygen atoms in total. The molecule has 0 radical (unpaired) electrons. The summed E-state index contributed by atoms with van der Waals surface area (Å²) < 4.78 is 10.4. The number of piperidine rings is 1. The van der Waals surface area contributed by atoms with Gasteiger partial charge in [-0.3, -0.25) is 0 Å². The zero-order chi connectivity index (χ0) is 13.5. The smallest absolute Gasteiger partial charge is 0.337 e. The van der Waals surface area contributed by atoms with E-state index in [2.05, 4.69) is 10.1 Å².